The molecule has 7 nitrogen and oxygen atoms in total. The van der Waals surface area contributed by atoms with E-state index in [4.69, 9.17) is 16.3 Å². The smallest absolute Gasteiger partial charge is 0.271 e. The first kappa shape index (κ1) is 19.4. The number of aryl methyl sites for hydroxylation is 2. The quantitative estimate of drug-likeness (QED) is 0.529. The summed E-state index contributed by atoms with van der Waals surface area (Å²) < 4.78 is 9.98. The third kappa shape index (κ3) is 5.33. The van der Waals surface area contributed by atoms with Gasteiger partial charge in [-0.05, 0) is 47.5 Å². The third-order valence-corrected chi connectivity index (χ3v) is 4.89. The maximum atomic E-state index is 12.2. The zero-order valence-corrected chi connectivity index (χ0v) is 17.1. The summed E-state index contributed by atoms with van der Waals surface area (Å²) in [5.74, 6) is 0.352. The zero-order chi connectivity index (χ0) is 19.2. The Balaban J connectivity index is 1.43. The van der Waals surface area contributed by atoms with Crippen LogP contribution < -0.4 is 10.1 Å². The van der Waals surface area contributed by atoms with Crippen LogP contribution in [-0.4, -0.2) is 32.0 Å². The summed E-state index contributed by atoms with van der Waals surface area (Å²) in [5.41, 5.74) is 1.29. The predicted octanol–water partition coefficient (Wildman–Crippen LogP) is 3.66. The molecule has 0 saturated carbocycles. The lowest BCUT2D eigenvalue weighted by Gasteiger charge is -2.07. The number of halogens is 2. The molecule has 1 N–H and O–H groups in total. The number of nitrogens with one attached hydrogen (secondary N) is 1. The Morgan fingerprint density at radius 2 is 2.07 bits per heavy atom. The molecule has 1 amide bonds. The van der Waals surface area contributed by atoms with Gasteiger partial charge in [0.05, 0.1) is 15.2 Å². The highest BCUT2D eigenvalue weighted by Crippen LogP contribution is 2.23. The van der Waals surface area contributed by atoms with Crippen molar-refractivity contribution in [3.63, 3.8) is 0 Å². The maximum Gasteiger partial charge on any atom is 0.271 e. The van der Waals surface area contributed by atoms with Crippen LogP contribution in [0.3, 0.4) is 0 Å². The number of hydrogen-bond donors (Lipinski definition) is 1. The number of aromatic nitrogens is 4. The van der Waals surface area contributed by atoms with Crippen molar-refractivity contribution in [2.75, 3.05) is 6.54 Å². The SMILES string of the molecule is Cc1nn(CCCNC(=O)c2ccn(COc3ccccc3Cl)n2)cc1Br. The van der Waals surface area contributed by atoms with Crippen molar-refractivity contribution in [2.45, 2.75) is 26.6 Å². The first-order valence-corrected chi connectivity index (χ1v) is 9.58. The van der Waals surface area contributed by atoms with E-state index in [1.54, 1.807) is 29.1 Å². The third-order valence-electron chi connectivity index (χ3n) is 3.80. The van der Waals surface area contributed by atoms with Gasteiger partial charge in [-0.25, -0.2) is 4.68 Å². The molecular formula is C18H19BrClN5O2. The minimum atomic E-state index is -0.218. The molecule has 1 aromatic carbocycles. The zero-order valence-electron chi connectivity index (χ0n) is 14.7. The fourth-order valence-corrected chi connectivity index (χ4v) is 2.90. The van der Waals surface area contributed by atoms with Crippen LogP contribution in [0.5, 0.6) is 5.75 Å². The Morgan fingerprint density at radius 3 is 2.81 bits per heavy atom. The molecule has 9 heteroatoms. The van der Waals surface area contributed by atoms with E-state index in [0.29, 0.717) is 23.0 Å². The van der Waals surface area contributed by atoms with E-state index in [-0.39, 0.29) is 12.6 Å². The average molecular weight is 453 g/mol. The molecule has 0 spiro atoms. The van der Waals surface area contributed by atoms with Crippen LogP contribution in [0.1, 0.15) is 22.6 Å². The second-order valence-corrected chi connectivity index (χ2v) is 7.14. The fourth-order valence-electron chi connectivity index (χ4n) is 2.39. The Morgan fingerprint density at radius 1 is 1.26 bits per heavy atom. The molecule has 0 saturated heterocycles. The largest absolute Gasteiger partial charge is 0.470 e. The highest BCUT2D eigenvalue weighted by molar-refractivity contribution is 9.10. The topological polar surface area (TPSA) is 74.0 Å². The van der Waals surface area contributed by atoms with Crippen molar-refractivity contribution in [3.05, 3.63) is 63.6 Å². The van der Waals surface area contributed by atoms with Crippen LogP contribution >= 0.6 is 27.5 Å². The summed E-state index contributed by atoms with van der Waals surface area (Å²) in [7, 11) is 0. The molecule has 3 rings (SSSR count). The number of carbonyl (C=O) groups excluding carboxylic acids is 1. The summed E-state index contributed by atoms with van der Waals surface area (Å²) >= 11 is 9.48. The molecule has 2 heterocycles. The molecule has 0 atom stereocenters. The minimum Gasteiger partial charge on any atom is -0.470 e. The molecule has 0 aliphatic rings. The van der Waals surface area contributed by atoms with E-state index in [1.807, 2.05) is 29.9 Å². The highest BCUT2D eigenvalue weighted by Gasteiger charge is 2.10. The normalized spacial score (nSPS) is 10.8. The van der Waals surface area contributed by atoms with Gasteiger partial charge in [-0.2, -0.15) is 10.2 Å². The number of carbonyl (C=O) groups is 1. The number of ether oxygens (including phenoxy) is 1. The molecule has 0 aliphatic heterocycles. The minimum absolute atomic E-state index is 0.171. The van der Waals surface area contributed by atoms with E-state index >= 15 is 0 Å². The van der Waals surface area contributed by atoms with Crippen LogP contribution in [0.25, 0.3) is 0 Å². The standard InChI is InChI=1S/C18H19BrClN5O2/c1-13-14(19)11-24(22-13)9-4-8-21-18(26)16-7-10-25(23-16)12-27-17-6-3-2-5-15(17)20/h2-3,5-7,10-11H,4,8-9,12H2,1H3,(H,21,26). The summed E-state index contributed by atoms with van der Waals surface area (Å²) in [5, 5.41) is 12.0. The summed E-state index contributed by atoms with van der Waals surface area (Å²) in [6.45, 7) is 3.38. The molecule has 0 fully saturated rings. The number of benzene rings is 1. The van der Waals surface area contributed by atoms with Crippen molar-refractivity contribution in [1.29, 1.82) is 0 Å². The van der Waals surface area contributed by atoms with Gasteiger partial charge in [0.15, 0.2) is 6.73 Å². The van der Waals surface area contributed by atoms with Gasteiger partial charge < -0.3 is 10.1 Å². The Bertz CT molecular complexity index is 905. The molecule has 27 heavy (non-hydrogen) atoms. The molecule has 0 bridgehead atoms. The molecule has 0 unspecified atom stereocenters. The van der Waals surface area contributed by atoms with Gasteiger partial charge in [0.1, 0.15) is 11.4 Å². The van der Waals surface area contributed by atoms with E-state index in [1.165, 1.54) is 0 Å². The summed E-state index contributed by atoms with van der Waals surface area (Å²) in [4.78, 5) is 12.2. The number of para-hydroxylation sites is 1. The van der Waals surface area contributed by atoms with Gasteiger partial charge in [0, 0.05) is 25.5 Å². The van der Waals surface area contributed by atoms with Gasteiger partial charge in [-0.15, -0.1) is 0 Å². The predicted molar refractivity (Wildman–Crippen MR) is 106 cm³/mol. The number of hydrogen-bond acceptors (Lipinski definition) is 4. The van der Waals surface area contributed by atoms with Crippen LogP contribution in [0.2, 0.25) is 5.02 Å². The Hall–Kier alpha value is -2.32. The van der Waals surface area contributed by atoms with E-state index < -0.39 is 0 Å². The van der Waals surface area contributed by atoms with Crippen molar-refractivity contribution >= 4 is 33.4 Å². The Kier molecular flexibility index (Phi) is 6.52. The van der Waals surface area contributed by atoms with E-state index in [0.717, 1.165) is 23.1 Å². The van der Waals surface area contributed by atoms with Crippen LogP contribution in [0.4, 0.5) is 0 Å². The van der Waals surface area contributed by atoms with Crippen LogP contribution in [0, 0.1) is 6.92 Å². The molecule has 3 aromatic rings. The van der Waals surface area contributed by atoms with Crippen LogP contribution in [-0.2, 0) is 13.3 Å². The van der Waals surface area contributed by atoms with Crippen molar-refractivity contribution in [1.82, 2.24) is 24.9 Å². The first-order chi connectivity index (χ1) is 13.0. The van der Waals surface area contributed by atoms with Gasteiger partial charge >= 0.3 is 0 Å². The van der Waals surface area contributed by atoms with Crippen molar-refractivity contribution in [3.8, 4) is 5.75 Å². The molecule has 0 aliphatic carbocycles. The first-order valence-electron chi connectivity index (χ1n) is 8.41. The average Bonchev–Trinajstić information content (AvgIpc) is 3.25. The monoisotopic (exact) mass is 451 g/mol. The summed E-state index contributed by atoms with van der Waals surface area (Å²) in [6.07, 6.45) is 4.39. The molecule has 2 aromatic heterocycles. The van der Waals surface area contributed by atoms with Crippen LogP contribution in [0.15, 0.2) is 47.2 Å². The second-order valence-electron chi connectivity index (χ2n) is 5.88. The van der Waals surface area contributed by atoms with Gasteiger partial charge in [-0.3, -0.25) is 9.48 Å². The Labute approximate surface area is 170 Å². The van der Waals surface area contributed by atoms with Gasteiger partial charge in [0.2, 0.25) is 0 Å². The van der Waals surface area contributed by atoms with Crippen molar-refractivity contribution < 1.29 is 9.53 Å². The number of nitrogens with zero attached hydrogens (tertiary/aromatic N) is 4. The molecule has 0 radical (unpaired) electrons. The lowest BCUT2D eigenvalue weighted by Crippen LogP contribution is -2.26. The second kappa shape index (κ2) is 9.05. The number of amides is 1. The van der Waals surface area contributed by atoms with E-state index in [9.17, 15) is 4.79 Å². The van der Waals surface area contributed by atoms with Crippen molar-refractivity contribution in [2.24, 2.45) is 0 Å². The fraction of sp³-hybridized carbons (Fsp3) is 0.278. The lowest BCUT2D eigenvalue weighted by atomic mass is 10.3. The molecule has 142 valence electrons. The maximum absolute atomic E-state index is 12.2. The highest BCUT2D eigenvalue weighted by atomic mass is 79.9. The van der Waals surface area contributed by atoms with Gasteiger partial charge in [0.25, 0.3) is 5.91 Å². The van der Waals surface area contributed by atoms with Gasteiger partial charge in [-0.1, -0.05) is 23.7 Å². The number of rotatable bonds is 8. The molecular weight excluding hydrogens is 434 g/mol. The summed E-state index contributed by atoms with van der Waals surface area (Å²) in [6, 6.07) is 8.85. The van der Waals surface area contributed by atoms with E-state index in [2.05, 4.69) is 31.4 Å². The lowest BCUT2D eigenvalue weighted by molar-refractivity contribution is 0.0945.